The van der Waals surface area contributed by atoms with Crippen molar-refractivity contribution in [1.82, 2.24) is 24.9 Å². The van der Waals surface area contributed by atoms with Gasteiger partial charge in [-0.3, -0.25) is 9.58 Å². The van der Waals surface area contributed by atoms with E-state index in [1.807, 2.05) is 4.90 Å². The molecule has 2 bridgehead atoms. The molecule has 6 heterocycles. The highest BCUT2D eigenvalue weighted by Crippen LogP contribution is 2.42. The lowest BCUT2D eigenvalue weighted by Crippen LogP contribution is -2.57. The van der Waals surface area contributed by atoms with Gasteiger partial charge in [0.05, 0.1) is 18.1 Å². The monoisotopic (exact) mass is 415 g/mol. The van der Waals surface area contributed by atoms with Gasteiger partial charge in [0, 0.05) is 50.9 Å². The van der Waals surface area contributed by atoms with Crippen molar-refractivity contribution in [1.29, 1.82) is 0 Å². The molecule has 0 aromatic carbocycles. The molecule has 6 rings (SSSR count). The first-order chi connectivity index (χ1) is 14.2. The second kappa shape index (κ2) is 8.08. The third kappa shape index (κ3) is 3.81. The number of thiophene rings is 1. The van der Waals surface area contributed by atoms with Crippen LogP contribution in [0.4, 0.5) is 4.79 Å². The first-order valence-electron chi connectivity index (χ1n) is 10.6. The number of carbonyl (C=O) groups is 1. The fourth-order valence-electron chi connectivity index (χ4n) is 5.14. The Bertz CT molecular complexity index is 845. The molecule has 4 unspecified atom stereocenters. The number of nitrogens with zero attached hydrogens (tertiary/aromatic N) is 4. The zero-order chi connectivity index (χ0) is 19.8. The normalized spacial score (nSPS) is 29.2. The maximum atomic E-state index is 12.4. The predicted octanol–water partition coefficient (Wildman–Crippen LogP) is 2.37. The lowest BCUT2D eigenvalue weighted by atomic mass is 9.74. The molecule has 29 heavy (non-hydrogen) atoms. The van der Waals surface area contributed by atoms with Crippen molar-refractivity contribution < 1.29 is 9.53 Å². The van der Waals surface area contributed by atoms with Gasteiger partial charge in [0.1, 0.15) is 5.69 Å². The van der Waals surface area contributed by atoms with E-state index in [0.717, 1.165) is 31.7 Å². The van der Waals surface area contributed by atoms with Gasteiger partial charge in [-0.25, -0.2) is 4.79 Å². The molecule has 4 aliphatic heterocycles. The Morgan fingerprint density at radius 3 is 2.93 bits per heavy atom. The van der Waals surface area contributed by atoms with E-state index < -0.39 is 0 Å². The number of carbonyl (C=O) groups excluding carboxylic acids is 1. The van der Waals surface area contributed by atoms with E-state index in [0.29, 0.717) is 44.2 Å². The molecule has 0 saturated carbocycles. The second-order valence-electron chi connectivity index (χ2n) is 8.38. The zero-order valence-electron chi connectivity index (χ0n) is 16.9. The molecule has 4 atom stereocenters. The van der Waals surface area contributed by atoms with Crippen molar-refractivity contribution in [2.45, 2.75) is 24.8 Å². The van der Waals surface area contributed by atoms with E-state index >= 15 is 0 Å². The molecule has 2 aromatic heterocycles. The van der Waals surface area contributed by atoms with Gasteiger partial charge in [0.2, 0.25) is 0 Å². The number of aryl methyl sites for hydroxylation is 1. The smallest absolute Gasteiger partial charge is 0.317 e. The van der Waals surface area contributed by atoms with Gasteiger partial charge < -0.3 is 15.0 Å². The number of ether oxygens (including phenoxy) is 1. The summed E-state index contributed by atoms with van der Waals surface area (Å²) >= 11 is 1.74. The fourth-order valence-corrected chi connectivity index (χ4v) is 5.82. The third-order valence-corrected chi connectivity index (χ3v) is 7.63. The molecule has 8 heteroatoms. The zero-order valence-corrected chi connectivity index (χ0v) is 17.7. The number of nitrogens with one attached hydrogen (secondary N) is 1. The lowest BCUT2D eigenvalue weighted by molar-refractivity contribution is 0.0265. The molecule has 2 amide bonds. The van der Waals surface area contributed by atoms with E-state index in [2.05, 4.69) is 45.5 Å². The number of morpholine rings is 1. The molecule has 7 nitrogen and oxygen atoms in total. The Labute approximate surface area is 175 Å². The Balaban J connectivity index is 1.22. The minimum Gasteiger partial charge on any atom is -0.378 e. The van der Waals surface area contributed by atoms with Crippen LogP contribution in [-0.2, 0) is 11.8 Å². The summed E-state index contributed by atoms with van der Waals surface area (Å²) < 4.78 is 7.42. The van der Waals surface area contributed by atoms with Crippen LogP contribution in [0.15, 0.2) is 23.6 Å². The van der Waals surface area contributed by atoms with Crippen LogP contribution in [0.2, 0.25) is 0 Å². The fraction of sp³-hybridized carbons (Fsp3) is 0.619. The molecule has 4 aliphatic rings. The van der Waals surface area contributed by atoms with Crippen molar-refractivity contribution in [3.8, 4) is 10.6 Å². The number of aromatic nitrogens is 2. The lowest BCUT2D eigenvalue weighted by Gasteiger charge is -2.50. The van der Waals surface area contributed by atoms with Gasteiger partial charge in [0.25, 0.3) is 0 Å². The van der Waals surface area contributed by atoms with Crippen LogP contribution < -0.4 is 5.32 Å². The highest BCUT2D eigenvalue weighted by atomic mass is 32.1. The van der Waals surface area contributed by atoms with Crippen LogP contribution in [0, 0.1) is 5.92 Å². The first kappa shape index (κ1) is 19.1. The molecule has 2 aromatic rings. The second-order valence-corrected chi connectivity index (χ2v) is 9.33. The van der Waals surface area contributed by atoms with Crippen LogP contribution in [0.3, 0.4) is 0 Å². The van der Waals surface area contributed by atoms with E-state index in [1.54, 1.807) is 11.3 Å². The topological polar surface area (TPSA) is 62.6 Å². The van der Waals surface area contributed by atoms with E-state index in [4.69, 9.17) is 9.84 Å². The van der Waals surface area contributed by atoms with Crippen molar-refractivity contribution >= 4 is 17.4 Å². The summed E-state index contributed by atoms with van der Waals surface area (Å²) in [6.07, 6.45) is 2.38. The standard InChI is InChI=1S/C21H29N5O2S/c1-24-19(12-18(23-24)20-3-2-10-29-20)17-14-26-5-4-15(17)11-16(26)13-22-21(27)25-6-8-28-9-7-25/h2-3,10,12,15-17H,4-9,11,13-14H2,1H3,(H,22,27). The molecule has 156 valence electrons. The predicted molar refractivity (Wildman–Crippen MR) is 113 cm³/mol. The van der Waals surface area contributed by atoms with Crippen LogP contribution >= 0.6 is 11.3 Å². The number of amides is 2. The van der Waals surface area contributed by atoms with Gasteiger partial charge in [0.15, 0.2) is 0 Å². The summed E-state index contributed by atoms with van der Waals surface area (Å²) in [7, 11) is 2.07. The van der Waals surface area contributed by atoms with Crippen molar-refractivity contribution in [2.24, 2.45) is 13.0 Å². The average Bonchev–Trinajstić information content (AvgIpc) is 3.43. The molecular weight excluding hydrogens is 386 g/mol. The van der Waals surface area contributed by atoms with Crippen LogP contribution in [0.1, 0.15) is 24.5 Å². The van der Waals surface area contributed by atoms with Gasteiger partial charge >= 0.3 is 6.03 Å². The van der Waals surface area contributed by atoms with E-state index in [1.165, 1.54) is 17.0 Å². The quantitative estimate of drug-likeness (QED) is 0.833. The Kier molecular flexibility index (Phi) is 5.32. The number of hydrogen-bond donors (Lipinski definition) is 1. The van der Waals surface area contributed by atoms with Crippen LogP contribution in [0.25, 0.3) is 10.6 Å². The molecule has 4 fully saturated rings. The Hall–Kier alpha value is -1.90. The van der Waals surface area contributed by atoms with E-state index in [-0.39, 0.29) is 6.03 Å². The summed E-state index contributed by atoms with van der Waals surface area (Å²) in [5, 5.41) is 10.1. The van der Waals surface area contributed by atoms with Crippen molar-refractivity contribution in [2.75, 3.05) is 45.9 Å². The Morgan fingerprint density at radius 1 is 1.34 bits per heavy atom. The Morgan fingerprint density at radius 2 is 2.21 bits per heavy atom. The summed E-state index contributed by atoms with van der Waals surface area (Å²) in [5.74, 6) is 1.19. The SMILES string of the molecule is Cn1nc(-c2cccs2)cc1C1CN2CCC1CC2CNC(=O)N1CCOCC1. The highest BCUT2D eigenvalue weighted by Gasteiger charge is 2.42. The number of rotatable bonds is 4. The molecule has 0 aliphatic carbocycles. The maximum absolute atomic E-state index is 12.4. The maximum Gasteiger partial charge on any atom is 0.317 e. The number of urea groups is 1. The minimum atomic E-state index is 0.0553. The van der Waals surface area contributed by atoms with E-state index in [9.17, 15) is 4.79 Å². The molecule has 0 spiro atoms. The molecule has 0 radical (unpaired) electrons. The summed E-state index contributed by atoms with van der Waals surface area (Å²) in [5.41, 5.74) is 2.43. The molecule has 1 N–H and O–H groups in total. The van der Waals surface area contributed by atoms with Crippen LogP contribution in [0.5, 0.6) is 0 Å². The van der Waals surface area contributed by atoms with Crippen molar-refractivity contribution in [3.05, 3.63) is 29.3 Å². The summed E-state index contributed by atoms with van der Waals surface area (Å²) in [6.45, 7) is 5.61. The summed E-state index contributed by atoms with van der Waals surface area (Å²) in [4.78, 5) is 18.1. The van der Waals surface area contributed by atoms with Gasteiger partial charge in [-0.2, -0.15) is 5.10 Å². The van der Waals surface area contributed by atoms with Gasteiger partial charge in [-0.1, -0.05) is 6.07 Å². The van der Waals surface area contributed by atoms with Crippen molar-refractivity contribution in [3.63, 3.8) is 0 Å². The van der Waals surface area contributed by atoms with Gasteiger partial charge in [-0.05, 0) is 42.8 Å². The van der Waals surface area contributed by atoms with Gasteiger partial charge in [-0.15, -0.1) is 11.3 Å². The molecule has 4 saturated heterocycles. The van der Waals surface area contributed by atoms with Crippen LogP contribution in [-0.4, -0.2) is 77.6 Å². The number of hydrogen-bond acceptors (Lipinski definition) is 5. The molecular formula is C21H29N5O2S. The highest BCUT2D eigenvalue weighted by molar-refractivity contribution is 7.13. The average molecular weight is 416 g/mol. The first-order valence-corrected chi connectivity index (χ1v) is 11.5. The largest absolute Gasteiger partial charge is 0.378 e. The number of fused-ring (bicyclic) bond motifs is 3. The third-order valence-electron chi connectivity index (χ3n) is 6.74. The number of piperidine rings is 3. The summed E-state index contributed by atoms with van der Waals surface area (Å²) in [6, 6.07) is 7.01. The minimum absolute atomic E-state index is 0.0553.